The van der Waals surface area contributed by atoms with Crippen LogP contribution in [0.5, 0.6) is 0 Å². The molecule has 1 fully saturated rings. The Morgan fingerprint density at radius 1 is 1.26 bits per heavy atom. The minimum atomic E-state index is -1.33. The molecule has 0 aromatic carbocycles. The van der Waals surface area contributed by atoms with Gasteiger partial charge in [-0.15, -0.1) is 0 Å². The van der Waals surface area contributed by atoms with Gasteiger partial charge >= 0.3 is 12.0 Å². The molecule has 1 aliphatic rings. The van der Waals surface area contributed by atoms with E-state index in [4.69, 9.17) is 5.11 Å². The number of carbonyl (C=O) groups is 5. The summed E-state index contributed by atoms with van der Waals surface area (Å²) in [5.74, 6) is -3.35. The van der Waals surface area contributed by atoms with Gasteiger partial charge in [-0.05, 0) is 6.42 Å². The number of hydrogen-bond donors (Lipinski definition) is 4. The van der Waals surface area contributed by atoms with Gasteiger partial charge in [0.15, 0.2) is 0 Å². The molecular weight excluding hydrogens is 258 g/mol. The first-order valence-electron chi connectivity index (χ1n) is 5.24. The maximum atomic E-state index is 11.3. The van der Waals surface area contributed by atoms with Gasteiger partial charge in [-0.2, -0.15) is 0 Å². The van der Waals surface area contributed by atoms with Gasteiger partial charge < -0.3 is 10.4 Å². The monoisotopic (exact) mass is 269 g/mol. The summed E-state index contributed by atoms with van der Waals surface area (Å²) in [4.78, 5) is 54.6. The lowest BCUT2D eigenvalue weighted by atomic mass is 10.1. The van der Waals surface area contributed by atoms with Crippen LogP contribution in [0.25, 0.3) is 0 Å². The van der Waals surface area contributed by atoms with Crippen LogP contribution in [0.2, 0.25) is 0 Å². The first-order valence-corrected chi connectivity index (χ1v) is 5.24. The van der Waals surface area contributed by atoms with E-state index < -0.39 is 35.8 Å². The number of nitrogens with one attached hydrogen (secondary N) is 3. The minimum absolute atomic E-state index is 0.0869. The fraction of sp³-hybridized carbons (Fsp3) is 0.300. The summed E-state index contributed by atoms with van der Waals surface area (Å²) in [5, 5.41) is 14.3. The Morgan fingerprint density at radius 3 is 2.53 bits per heavy atom. The number of piperidine rings is 1. The van der Waals surface area contributed by atoms with Gasteiger partial charge in [-0.3, -0.25) is 25.0 Å². The van der Waals surface area contributed by atoms with E-state index >= 15 is 0 Å². The van der Waals surface area contributed by atoms with Crippen LogP contribution >= 0.6 is 0 Å². The highest BCUT2D eigenvalue weighted by molar-refractivity contribution is 6.05. The van der Waals surface area contributed by atoms with Crippen molar-refractivity contribution in [3.8, 4) is 0 Å². The summed E-state index contributed by atoms with van der Waals surface area (Å²) >= 11 is 0. The molecule has 19 heavy (non-hydrogen) atoms. The molecule has 0 aromatic heterocycles. The van der Waals surface area contributed by atoms with Gasteiger partial charge in [0.05, 0.1) is 0 Å². The average molecular weight is 269 g/mol. The SMILES string of the molecule is O=C(O)C=CC(=O)NC(=O)NC1CCC(=O)NC1=O. The number of carbonyl (C=O) groups excluding carboxylic acids is 4. The largest absolute Gasteiger partial charge is 0.478 e. The Labute approximate surface area is 107 Å². The lowest BCUT2D eigenvalue weighted by Crippen LogP contribution is -2.54. The van der Waals surface area contributed by atoms with E-state index in [-0.39, 0.29) is 12.8 Å². The molecule has 1 atom stereocenters. The maximum absolute atomic E-state index is 11.3. The number of urea groups is 1. The molecule has 5 amide bonds. The van der Waals surface area contributed by atoms with Gasteiger partial charge in [0.1, 0.15) is 6.04 Å². The highest BCUT2D eigenvalue weighted by atomic mass is 16.4. The van der Waals surface area contributed by atoms with Crippen LogP contribution in [0.3, 0.4) is 0 Å². The van der Waals surface area contributed by atoms with Crippen molar-refractivity contribution in [2.45, 2.75) is 18.9 Å². The Morgan fingerprint density at radius 2 is 1.95 bits per heavy atom. The number of rotatable bonds is 3. The van der Waals surface area contributed by atoms with E-state index in [2.05, 4.69) is 5.32 Å². The zero-order chi connectivity index (χ0) is 14.4. The normalized spacial score (nSPS) is 18.8. The van der Waals surface area contributed by atoms with Gasteiger partial charge in [-0.1, -0.05) is 0 Å². The first kappa shape index (κ1) is 14.4. The van der Waals surface area contributed by atoms with E-state index in [9.17, 15) is 24.0 Å². The summed E-state index contributed by atoms with van der Waals surface area (Å²) in [7, 11) is 0. The van der Waals surface area contributed by atoms with Crippen LogP contribution in [0.4, 0.5) is 4.79 Å². The molecular formula is C10H11N3O6. The van der Waals surface area contributed by atoms with Crippen LogP contribution in [-0.2, 0) is 19.2 Å². The Bertz CT molecular complexity index is 470. The second kappa shape index (κ2) is 6.28. The Kier molecular flexibility index (Phi) is 4.75. The molecule has 1 heterocycles. The van der Waals surface area contributed by atoms with Crippen molar-refractivity contribution in [1.29, 1.82) is 0 Å². The van der Waals surface area contributed by atoms with Crippen LogP contribution in [0.15, 0.2) is 12.2 Å². The topological polar surface area (TPSA) is 142 Å². The lowest BCUT2D eigenvalue weighted by molar-refractivity contribution is -0.135. The average Bonchev–Trinajstić information content (AvgIpc) is 2.30. The van der Waals surface area contributed by atoms with Crippen LogP contribution < -0.4 is 16.0 Å². The number of aliphatic carboxylic acids is 1. The highest BCUT2D eigenvalue weighted by Crippen LogP contribution is 2.03. The number of hydrogen-bond acceptors (Lipinski definition) is 5. The van der Waals surface area contributed by atoms with E-state index in [1.807, 2.05) is 10.6 Å². The van der Waals surface area contributed by atoms with Gasteiger partial charge in [0.25, 0.3) is 5.91 Å². The number of carboxylic acid groups (broad SMARTS) is 1. The summed E-state index contributed by atoms with van der Waals surface area (Å²) in [6, 6.07) is -1.86. The molecule has 1 rings (SSSR count). The zero-order valence-corrected chi connectivity index (χ0v) is 9.63. The van der Waals surface area contributed by atoms with Crippen molar-refractivity contribution >= 4 is 29.7 Å². The predicted octanol–water partition coefficient (Wildman–Crippen LogP) is -1.74. The van der Waals surface area contributed by atoms with Gasteiger partial charge in [0, 0.05) is 18.6 Å². The molecule has 0 spiro atoms. The zero-order valence-electron chi connectivity index (χ0n) is 9.63. The number of imide groups is 2. The van der Waals surface area contributed by atoms with Crippen molar-refractivity contribution in [1.82, 2.24) is 16.0 Å². The standard InChI is InChI=1S/C10H11N3O6/c14-6-2-1-5(9(18)12-6)11-10(19)13-7(15)3-4-8(16)17/h3-5H,1-2H2,(H,16,17)(H,12,14,18)(H2,11,13,15,19). The lowest BCUT2D eigenvalue weighted by Gasteiger charge is -2.21. The third-order valence-corrected chi connectivity index (χ3v) is 2.16. The summed E-state index contributed by atoms with van der Waals surface area (Å²) < 4.78 is 0. The summed E-state index contributed by atoms with van der Waals surface area (Å²) in [5.41, 5.74) is 0. The Hall–Kier alpha value is -2.71. The molecule has 0 aromatic rings. The van der Waals surface area contributed by atoms with Gasteiger partial charge in [-0.25, -0.2) is 9.59 Å². The molecule has 9 nitrogen and oxygen atoms in total. The quantitative estimate of drug-likeness (QED) is 0.354. The summed E-state index contributed by atoms with van der Waals surface area (Å²) in [6.45, 7) is 0. The molecule has 0 aliphatic carbocycles. The molecule has 0 saturated carbocycles. The molecule has 0 bridgehead atoms. The fourth-order valence-corrected chi connectivity index (χ4v) is 1.33. The molecule has 0 radical (unpaired) electrons. The van der Waals surface area contributed by atoms with Gasteiger partial charge in [0.2, 0.25) is 11.8 Å². The molecule has 1 saturated heterocycles. The van der Waals surface area contributed by atoms with Crippen LogP contribution in [0.1, 0.15) is 12.8 Å². The second-order valence-corrected chi connectivity index (χ2v) is 3.64. The maximum Gasteiger partial charge on any atom is 0.328 e. The van der Waals surface area contributed by atoms with Crippen molar-refractivity contribution in [3.63, 3.8) is 0 Å². The van der Waals surface area contributed by atoms with E-state index in [0.29, 0.717) is 12.2 Å². The van der Waals surface area contributed by atoms with Crippen LogP contribution in [0, 0.1) is 0 Å². The first-order chi connectivity index (χ1) is 8.88. The van der Waals surface area contributed by atoms with Crippen molar-refractivity contribution in [3.05, 3.63) is 12.2 Å². The van der Waals surface area contributed by atoms with E-state index in [1.54, 1.807) is 0 Å². The van der Waals surface area contributed by atoms with E-state index in [0.717, 1.165) is 0 Å². The fourth-order valence-electron chi connectivity index (χ4n) is 1.33. The van der Waals surface area contributed by atoms with Crippen molar-refractivity contribution in [2.75, 3.05) is 0 Å². The minimum Gasteiger partial charge on any atom is -0.478 e. The van der Waals surface area contributed by atoms with Crippen molar-refractivity contribution < 1.29 is 29.1 Å². The van der Waals surface area contributed by atoms with E-state index in [1.165, 1.54) is 0 Å². The summed E-state index contributed by atoms with van der Waals surface area (Å²) in [6.07, 6.45) is 1.45. The molecule has 102 valence electrons. The Balaban J connectivity index is 2.43. The smallest absolute Gasteiger partial charge is 0.328 e. The van der Waals surface area contributed by atoms with Crippen molar-refractivity contribution in [2.24, 2.45) is 0 Å². The molecule has 9 heteroatoms. The number of carboxylic acids is 1. The highest BCUT2D eigenvalue weighted by Gasteiger charge is 2.27. The third-order valence-electron chi connectivity index (χ3n) is 2.16. The van der Waals surface area contributed by atoms with Crippen LogP contribution in [-0.4, -0.2) is 40.9 Å². The second-order valence-electron chi connectivity index (χ2n) is 3.64. The molecule has 4 N–H and O–H groups in total. The molecule has 1 aliphatic heterocycles. The predicted molar refractivity (Wildman–Crippen MR) is 59.6 cm³/mol. The third kappa shape index (κ3) is 4.98. The number of amides is 5. The molecule has 1 unspecified atom stereocenters.